The fourth-order valence-electron chi connectivity index (χ4n) is 5.62. The van der Waals surface area contributed by atoms with Crippen LogP contribution in [0.1, 0.15) is 68.5 Å². The standard InChI is InChI=1S/C34H37NO4/c1-5-38-32(37)34(19-20-34)28-17-15-26(16-18-28)25-11-13-27(14-12-25)31-30(23(2)35-39-31)29(36)22-33(3,4)21-24-9-7-6-8-10-24/h6-18,29,36H,5,19-22H2,1-4H3. The molecule has 0 bridgehead atoms. The predicted octanol–water partition coefficient (Wildman–Crippen LogP) is 7.60. The van der Waals surface area contributed by atoms with Crippen LogP contribution in [-0.4, -0.2) is 22.8 Å². The molecule has 3 aromatic carbocycles. The van der Waals surface area contributed by atoms with Gasteiger partial charge in [0.2, 0.25) is 0 Å². The van der Waals surface area contributed by atoms with E-state index in [-0.39, 0.29) is 11.4 Å². The maximum atomic E-state index is 12.4. The van der Waals surface area contributed by atoms with Crippen molar-refractivity contribution in [3.63, 3.8) is 0 Å². The number of carbonyl (C=O) groups excluding carboxylic acids is 1. The fraction of sp³-hybridized carbons (Fsp3) is 0.353. The molecule has 5 rings (SSSR count). The van der Waals surface area contributed by atoms with Crippen molar-refractivity contribution in [2.45, 2.75) is 64.9 Å². The minimum absolute atomic E-state index is 0.107. The van der Waals surface area contributed by atoms with Crippen LogP contribution < -0.4 is 0 Å². The van der Waals surface area contributed by atoms with Crippen molar-refractivity contribution < 1.29 is 19.2 Å². The zero-order valence-corrected chi connectivity index (χ0v) is 23.2. The highest BCUT2D eigenvalue weighted by atomic mass is 16.5. The van der Waals surface area contributed by atoms with Crippen molar-refractivity contribution in [1.29, 1.82) is 0 Å². The average Bonchev–Trinajstić information content (AvgIpc) is 3.65. The molecule has 5 nitrogen and oxygen atoms in total. The summed E-state index contributed by atoms with van der Waals surface area (Å²) in [6.07, 6.45) is 2.46. The number of ether oxygens (including phenoxy) is 1. The number of benzene rings is 3. The van der Waals surface area contributed by atoms with Gasteiger partial charge in [-0.05, 0) is 67.2 Å². The first-order valence-electron chi connectivity index (χ1n) is 13.8. The largest absolute Gasteiger partial charge is 0.465 e. The number of aliphatic hydroxyl groups excluding tert-OH is 1. The van der Waals surface area contributed by atoms with Gasteiger partial charge in [-0.25, -0.2) is 0 Å². The highest BCUT2D eigenvalue weighted by Gasteiger charge is 2.52. The summed E-state index contributed by atoms with van der Waals surface area (Å²) in [6, 6.07) is 26.7. The molecule has 1 heterocycles. The fourth-order valence-corrected chi connectivity index (χ4v) is 5.62. The van der Waals surface area contributed by atoms with E-state index < -0.39 is 11.5 Å². The number of nitrogens with zero attached hydrogens (tertiary/aromatic N) is 1. The van der Waals surface area contributed by atoms with E-state index in [0.717, 1.165) is 47.1 Å². The number of rotatable bonds is 10. The van der Waals surface area contributed by atoms with Crippen LogP contribution >= 0.6 is 0 Å². The smallest absolute Gasteiger partial charge is 0.316 e. The first-order chi connectivity index (χ1) is 18.7. The highest BCUT2D eigenvalue weighted by molar-refractivity contribution is 5.87. The van der Waals surface area contributed by atoms with Gasteiger partial charge >= 0.3 is 5.97 Å². The van der Waals surface area contributed by atoms with E-state index in [1.807, 2.05) is 44.2 Å². The van der Waals surface area contributed by atoms with Crippen LogP contribution in [0.3, 0.4) is 0 Å². The summed E-state index contributed by atoms with van der Waals surface area (Å²) < 4.78 is 11.0. The number of carbonyl (C=O) groups is 1. The third-order valence-corrected chi connectivity index (χ3v) is 7.85. The molecule has 0 aliphatic heterocycles. The molecule has 1 saturated carbocycles. The van der Waals surface area contributed by atoms with Crippen LogP contribution in [-0.2, 0) is 21.4 Å². The molecule has 1 atom stereocenters. The molecule has 0 amide bonds. The van der Waals surface area contributed by atoms with Crippen LogP contribution in [0.5, 0.6) is 0 Å². The Morgan fingerprint density at radius 3 is 2.15 bits per heavy atom. The minimum Gasteiger partial charge on any atom is -0.465 e. The zero-order chi connectivity index (χ0) is 27.6. The van der Waals surface area contributed by atoms with Gasteiger partial charge in [0.25, 0.3) is 0 Å². The molecular formula is C34H37NO4. The van der Waals surface area contributed by atoms with Crippen LogP contribution in [0.15, 0.2) is 83.4 Å². The van der Waals surface area contributed by atoms with Gasteiger partial charge in [0, 0.05) is 5.56 Å². The molecule has 0 saturated heterocycles. The quantitative estimate of drug-likeness (QED) is 0.217. The molecule has 1 aromatic heterocycles. The number of esters is 1. The summed E-state index contributed by atoms with van der Waals surface area (Å²) in [4.78, 5) is 12.4. The maximum absolute atomic E-state index is 12.4. The van der Waals surface area contributed by atoms with Gasteiger partial charge in [-0.3, -0.25) is 4.79 Å². The third kappa shape index (κ3) is 5.69. The lowest BCUT2D eigenvalue weighted by Gasteiger charge is -2.27. The van der Waals surface area contributed by atoms with Crippen molar-refractivity contribution in [2.75, 3.05) is 6.61 Å². The topological polar surface area (TPSA) is 72.6 Å². The summed E-state index contributed by atoms with van der Waals surface area (Å²) >= 11 is 0. The lowest BCUT2D eigenvalue weighted by atomic mass is 9.79. The molecule has 1 unspecified atom stereocenters. The third-order valence-electron chi connectivity index (χ3n) is 7.85. The second-order valence-corrected chi connectivity index (χ2v) is 11.5. The Labute approximate surface area is 230 Å². The van der Waals surface area contributed by atoms with E-state index in [1.54, 1.807) is 0 Å². The molecule has 0 spiro atoms. The van der Waals surface area contributed by atoms with Crippen LogP contribution in [0.4, 0.5) is 0 Å². The SMILES string of the molecule is CCOC(=O)C1(c2ccc(-c3ccc(-c4onc(C)c4C(O)CC(C)(C)Cc4ccccc4)cc3)cc2)CC1. The van der Waals surface area contributed by atoms with E-state index in [0.29, 0.717) is 24.5 Å². The molecule has 39 heavy (non-hydrogen) atoms. The Morgan fingerprint density at radius 1 is 0.974 bits per heavy atom. The summed E-state index contributed by atoms with van der Waals surface area (Å²) in [5, 5.41) is 15.5. The predicted molar refractivity (Wildman–Crippen MR) is 153 cm³/mol. The number of aliphatic hydroxyl groups is 1. The first-order valence-corrected chi connectivity index (χ1v) is 13.8. The Hall–Kier alpha value is -3.70. The minimum atomic E-state index is -0.689. The van der Waals surface area contributed by atoms with Crippen molar-refractivity contribution in [1.82, 2.24) is 5.16 Å². The van der Waals surface area contributed by atoms with Crippen molar-refractivity contribution in [3.8, 4) is 22.5 Å². The average molecular weight is 524 g/mol. The normalized spacial score (nSPS) is 15.1. The van der Waals surface area contributed by atoms with Gasteiger partial charge in [-0.1, -0.05) is 97.9 Å². The second-order valence-electron chi connectivity index (χ2n) is 11.5. The molecule has 1 aliphatic rings. The van der Waals surface area contributed by atoms with Crippen LogP contribution in [0, 0.1) is 12.3 Å². The van der Waals surface area contributed by atoms with E-state index in [1.165, 1.54) is 5.56 Å². The molecule has 4 aromatic rings. The number of aryl methyl sites for hydroxylation is 1. The summed E-state index contributed by atoms with van der Waals surface area (Å²) in [5.41, 5.74) is 6.19. The number of hydrogen-bond donors (Lipinski definition) is 1. The van der Waals surface area contributed by atoms with Gasteiger partial charge in [-0.15, -0.1) is 0 Å². The Morgan fingerprint density at radius 2 is 1.56 bits per heavy atom. The van der Waals surface area contributed by atoms with Gasteiger partial charge in [0.05, 0.1) is 29.4 Å². The number of hydrogen-bond acceptors (Lipinski definition) is 5. The molecule has 1 aliphatic carbocycles. The van der Waals surface area contributed by atoms with Gasteiger partial charge in [-0.2, -0.15) is 0 Å². The van der Waals surface area contributed by atoms with Gasteiger partial charge in [0.15, 0.2) is 5.76 Å². The van der Waals surface area contributed by atoms with E-state index in [4.69, 9.17) is 9.26 Å². The van der Waals surface area contributed by atoms with Gasteiger partial charge < -0.3 is 14.4 Å². The highest BCUT2D eigenvalue weighted by Crippen LogP contribution is 2.49. The Balaban J connectivity index is 1.32. The first kappa shape index (κ1) is 26.9. The molecule has 1 fully saturated rings. The Kier molecular flexibility index (Phi) is 7.46. The molecule has 5 heteroatoms. The van der Waals surface area contributed by atoms with Crippen molar-refractivity contribution in [3.05, 3.63) is 101 Å². The number of aromatic nitrogens is 1. The van der Waals surface area contributed by atoms with Crippen molar-refractivity contribution in [2.24, 2.45) is 5.41 Å². The summed E-state index contributed by atoms with van der Waals surface area (Å²) in [6.45, 7) is 8.50. The zero-order valence-electron chi connectivity index (χ0n) is 23.2. The monoisotopic (exact) mass is 523 g/mol. The van der Waals surface area contributed by atoms with Gasteiger partial charge in [0.1, 0.15) is 0 Å². The summed E-state index contributed by atoms with van der Waals surface area (Å²) in [5.74, 6) is 0.494. The van der Waals surface area contributed by atoms with Crippen molar-refractivity contribution >= 4 is 5.97 Å². The van der Waals surface area contributed by atoms with E-state index in [9.17, 15) is 9.90 Å². The Bertz CT molecular complexity index is 1410. The second kappa shape index (κ2) is 10.8. The summed E-state index contributed by atoms with van der Waals surface area (Å²) in [7, 11) is 0. The lowest BCUT2D eigenvalue weighted by molar-refractivity contribution is -0.146. The maximum Gasteiger partial charge on any atom is 0.316 e. The molecule has 0 radical (unpaired) electrons. The van der Waals surface area contributed by atoms with E-state index in [2.05, 4.69) is 67.5 Å². The van der Waals surface area contributed by atoms with Crippen LogP contribution in [0.2, 0.25) is 0 Å². The van der Waals surface area contributed by atoms with E-state index >= 15 is 0 Å². The molecule has 1 N–H and O–H groups in total. The van der Waals surface area contributed by atoms with Crippen LogP contribution in [0.25, 0.3) is 22.5 Å². The lowest BCUT2D eigenvalue weighted by Crippen LogP contribution is -2.23. The molecule has 202 valence electrons. The molecular weight excluding hydrogens is 486 g/mol.